The van der Waals surface area contributed by atoms with E-state index in [9.17, 15) is 15.0 Å². The Bertz CT molecular complexity index is 825. The Labute approximate surface area is 185 Å². The van der Waals surface area contributed by atoms with Crippen molar-refractivity contribution in [2.45, 2.75) is 90.7 Å². The van der Waals surface area contributed by atoms with Crippen molar-refractivity contribution < 1.29 is 15.0 Å². The van der Waals surface area contributed by atoms with Gasteiger partial charge in [0.15, 0.2) is 5.78 Å². The minimum atomic E-state index is -0.157. The van der Waals surface area contributed by atoms with Gasteiger partial charge < -0.3 is 10.2 Å². The molecule has 0 radical (unpaired) electrons. The van der Waals surface area contributed by atoms with Crippen molar-refractivity contribution in [2.24, 2.45) is 40.4 Å². The van der Waals surface area contributed by atoms with E-state index in [1.54, 1.807) is 10.9 Å². The number of aromatic nitrogens is 3. The fourth-order valence-corrected chi connectivity index (χ4v) is 8.99. The fourth-order valence-electron chi connectivity index (χ4n) is 8.99. The topological polar surface area (TPSA) is 88.2 Å². The minimum Gasteiger partial charge on any atom is -0.396 e. The Hall–Kier alpha value is -1.27. The molecule has 0 spiro atoms. The summed E-state index contributed by atoms with van der Waals surface area (Å²) >= 11 is 0. The number of hydrogen-bond donors (Lipinski definition) is 2. The standard InChI is InChI=1S/C25H39N3O3/c1-16-14-26-27-28(16)15-23(31)22-6-5-20-19-4-3-17-13-18(30)7-10-25(17,11-12-29)21(19)8-9-24(20,22)2/h14,17-22,29-30H,3-13,15H2,1-2H3/t17-,18+,19-,20-,21-,22+,24-,25+/m0/s1. The average Bonchev–Trinajstić information content (AvgIpc) is 3.31. The number of Topliss-reactive ketones (excluding diaryl/α,β-unsaturated/α-hetero) is 1. The van der Waals surface area contributed by atoms with E-state index >= 15 is 0 Å². The molecule has 0 amide bonds. The van der Waals surface area contributed by atoms with Gasteiger partial charge >= 0.3 is 0 Å². The van der Waals surface area contributed by atoms with Crippen LogP contribution < -0.4 is 0 Å². The summed E-state index contributed by atoms with van der Waals surface area (Å²) in [6.45, 7) is 4.96. The molecule has 4 aliphatic rings. The van der Waals surface area contributed by atoms with Gasteiger partial charge in [0, 0.05) is 12.5 Å². The molecule has 2 N–H and O–H groups in total. The van der Waals surface area contributed by atoms with Gasteiger partial charge in [-0.2, -0.15) is 0 Å². The summed E-state index contributed by atoms with van der Waals surface area (Å²) < 4.78 is 1.75. The third kappa shape index (κ3) is 3.31. The van der Waals surface area contributed by atoms with Gasteiger partial charge in [-0.15, -0.1) is 5.10 Å². The summed E-state index contributed by atoms with van der Waals surface area (Å²) in [5.74, 6) is 2.94. The smallest absolute Gasteiger partial charge is 0.157 e. The Morgan fingerprint density at radius 3 is 2.74 bits per heavy atom. The summed E-state index contributed by atoms with van der Waals surface area (Å²) in [4.78, 5) is 13.4. The van der Waals surface area contributed by atoms with E-state index in [0.29, 0.717) is 36.0 Å². The van der Waals surface area contributed by atoms with Crippen molar-refractivity contribution >= 4 is 5.78 Å². The van der Waals surface area contributed by atoms with Crippen LogP contribution in [-0.4, -0.2) is 43.7 Å². The molecule has 8 atom stereocenters. The van der Waals surface area contributed by atoms with Crippen LogP contribution in [0, 0.1) is 47.3 Å². The molecule has 0 aliphatic heterocycles. The minimum absolute atomic E-state index is 0.0914. The second kappa shape index (κ2) is 7.95. The summed E-state index contributed by atoms with van der Waals surface area (Å²) in [5.41, 5.74) is 1.24. The molecular formula is C25H39N3O3. The number of rotatable bonds is 5. The van der Waals surface area contributed by atoms with Crippen LogP contribution in [0.1, 0.15) is 76.8 Å². The first-order valence-electron chi connectivity index (χ1n) is 12.6. The monoisotopic (exact) mass is 429 g/mol. The summed E-state index contributed by atoms with van der Waals surface area (Å²) in [7, 11) is 0. The Morgan fingerprint density at radius 2 is 2.00 bits per heavy atom. The largest absolute Gasteiger partial charge is 0.396 e. The zero-order valence-corrected chi connectivity index (χ0v) is 19.2. The lowest BCUT2D eigenvalue weighted by Crippen LogP contribution is -2.55. The van der Waals surface area contributed by atoms with E-state index in [1.807, 2.05) is 6.92 Å². The van der Waals surface area contributed by atoms with Crippen LogP contribution in [0.2, 0.25) is 0 Å². The van der Waals surface area contributed by atoms with Gasteiger partial charge in [-0.3, -0.25) is 4.79 Å². The molecule has 0 bridgehead atoms. The highest BCUT2D eigenvalue weighted by Gasteiger charge is 2.62. The van der Waals surface area contributed by atoms with Gasteiger partial charge in [-0.05, 0) is 106 Å². The fraction of sp³-hybridized carbons (Fsp3) is 0.880. The number of ketones is 1. The van der Waals surface area contributed by atoms with Crippen LogP contribution >= 0.6 is 0 Å². The lowest BCUT2D eigenvalue weighted by atomic mass is 9.43. The molecule has 0 saturated heterocycles. The molecule has 1 aromatic heterocycles. The summed E-state index contributed by atoms with van der Waals surface area (Å²) in [5, 5.41) is 28.4. The molecule has 172 valence electrons. The van der Waals surface area contributed by atoms with E-state index in [1.165, 1.54) is 19.3 Å². The molecule has 1 heterocycles. The van der Waals surface area contributed by atoms with Crippen molar-refractivity contribution in [3.05, 3.63) is 11.9 Å². The Balaban J connectivity index is 1.38. The SMILES string of the molecule is Cc1cnnn1CC(=O)[C@H]1CC[C@H]2[C@@H]3CC[C@H]4C[C@H](O)CC[C@]4(CCO)[C@H]3CC[C@]12C. The number of aliphatic hydroxyl groups is 2. The first kappa shape index (κ1) is 21.6. The maximum atomic E-state index is 13.4. The van der Waals surface area contributed by atoms with Crippen LogP contribution in [0.15, 0.2) is 6.20 Å². The molecular weight excluding hydrogens is 390 g/mol. The van der Waals surface area contributed by atoms with Gasteiger partial charge in [0.1, 0.15) is 6.54 Å². The highest BCUT2D eigenvalue weighted by atomic mass is 16.3. The second-order valence-electron chi connectivity index (χ2n) is 11.5. The van der Waals surface area contributed by atoms with Crippen molar-refractivity contribution in [1.29, 1.82) is 0 Å². The van der Waals surface area contributed by atoms with Crippen LogP contribution in [0.25, 0.3) is 0 Å². The number of aryl methyl sites for hydroxylation is 1. The third-order valence-corrected chi connectivity index (χ3v) is 10.4. The van der Waals surface area contributed by atoms with Crippen LogP contribution in [0.5, 0.6) is 0 Å². The highest BCUT2D eigenvalue weighted by Crippen LogP contribution is 2.68. The van der Waals surface area contributed by atoms with Crippen LogP contribution in [0.3, 0.4) is 0 Å². The quantitative estimate of drug-likeness (QED) is 0.747. The predicted octanol–water partition coefficient (Wildman–Crippen LogP) is 3.54. The van der Waals surface area contributed by atoms with Gasteiger partial charge in [0.2, 0.25) is 0 Å². The number of fused-ring (bicyclic) bond motifs is 5. The van der Waals surface area contributed by atoms with Crippen LogP contribution in [-0.2, 0) is 11.3 Å². The lowest BCUT2D eigenvalue weighted by Gasteiger charge is -2.62. The average molecular weight is 430 g/mol. The summed E-state index contributed by atoms with van der Waals surface area (Å²) in [6, 6.07) is 0. The molecule has 5 rings (SSSR count). The van der Waals surface area contributed by atoms with E-state index in [0.717, 1.165) is 50.6 Å². The van der Waals surface area contributed by atoms with Gasteiger partial charge in [0.25, 0.3) is 0 Å². The molecule has 4 saturated carbocycles. The lowest BCUT2D eigenvalue weighted by molar-refractivity contribution is -0.149. The zero-order valence-electron chi connectivity index (χ0n) is 19.2. The maximum Gasteiger partial charge on any atom is 0.157 e. The molecule has 31 heavy (non-hydrogen) atoms. The van der Waals surface area contributed by atoms with Crippen molar-refractivity contribution in [3.8, 4) is 0 Å². The number of hydrogen-bond acceptors (Lipinski definition) is 5. The predicted molar refractivity (Wildman–Crippen MR) is 117 cm³/mol. The molecule has 0 unspecified atom stereocenters. The molecule has 6 nitrogen and oxygen atoms in total. The zero-order chi connectivity index (χ0) is 21.8. The molecule has 1 aromatic rings. The second-order valence-corrected chi connectivity index (χ2v) is 11.5. The van der Waals surface area contributed by atoms with E-state index in [2.05, 4.69) is 17.2 Å². The van der Waals surface area contributed by atoms with Crippen molar-refractivity contribution in [2.75, 3.05) is 6.61 Å². The number of carbonyl (C=O) groups excluding carboxylic acids is 1. The maximum absolute atomic E-state index is 13.4. The van der Waals surface area contributed by atoms with Crippen LogP contribution in [0.4, 0.5) is 0 Å². The van der Waals surface area contributed by atoms with Gasteiger partial charge in [0.05, 0.1) is 18.0 Å². The molecule has 4 fully saturated rings. The van der Waals surface area contributed by atoms with E-state index < -0.39 is 0 Å². The van der Waals surface area contributed by atoms with E-state index in [-0.39, 0.29) is 29.5 Å². The molecule has 4 aliphatic carbocycles. The number of nitrogens with zero attached hydrogens (tertiary/aromatic N) is 3. The number of aliphatic hydroxyl groups excluding tert-OH is 2. The Morgan fingerprint density at radius 1 is 1.16 bits per heavy atom. The molecule has 0 aromatic carbocycles. The molecule has 6 heteroatoms. The first-order chi connectivity index (χ1) is 14.9. The third-order valence-electron chi connectivity index (χ3n) is 10.4. The number of carbonyl (C=O) groups is 1. The van der Waals surface area contributed by atoms with E-state index in [4.69, 9.17) is 0 Å². The normalized spacial score (nSPS) is 44.4. The van der Waals surface area contributed by atoms with Gasteiger partial charge in [-0.1, -0.05) is 12.1 Å². The highest BCUT2D eigenvalue weighted by molar-refractivity contribution is 5.82. The first-order valence-corrected chi connectivity index (χ1v) is 12.6. The van der Waals surface area contributed by atoms with Crippen molar-refractivity contribution in [1.82, 2.24) is 15.0 Å². The Kier molecular flexibility index (Phi) is 5.53. The van der Waals surface area contributed by atoms with Crippen molar-refractivity contribution in [3.63, 3.8) is 0 Å². The summed E-state index contributed by atoms with van der Waals surface area (Å²) in [6.07, 6.45) is 12.2. The van der Waals surface area contributed by atoms with Gasteiger partial charge in [-0.25, -0.2) is 4.68 Å².